The molecular formula is C12H7N5S. The molecule has 0 aliphatic carbocycles. The van der Waals surface area contributed by atoms with E-state index in [4.69, 9.17) is 0 Å². The van der Waals surface area contributed by atoms with Crippen molar-refractivity contribution >= 4 is 34.2 Å². The number of nitriles is 1. The van der Waals surface area contributed by atoms with E-state index in [1.807, 2.05) is 24.3 Å². The van der Waals surface area contributed by atoms with Crippen LogP contribution in [0.5, 0.6) is 0 Å². The molecule has 0 unspecified atom stereocenters. The lowest BCUT2D eigenvalue weighted by Gasteiger charge is -1.90. The number of fused-ring (bicyclic) bond motifs is 1. The van der Waals surface area contributed by atoms with Crippen molar-refractivity contribution in [3.63, 3.8) is 0 Å². The summed E-state index contributed by atoms with van der Waals surface area (Å²) in [7, 11) is 0. The highest BCUT2D eigenvalue weighted by atomic mass is 32.1. The first-order chi connectivity index (χ1) is 8.86. The Hall–Kier alpha value is -2.52. The number of imidazole rings is 1. The molecule has 0 radical (unpaired) electrons. The fraction of sp³-hybridized carbons (Fsp3) is 0. The third kappa shape index (κ3) is 1.87. The number of aromatic nitrogens is 4. The number of hydrogen-bond acceptors (Lipinski definition) is 5. The zero-order valence-electron chi connectivity index (χ0n) is 9.16. The van der Waals surface area contributed by atoms with Crippen molar-refractivity contribution in [2.24, 2.45) is 0 Å². The first kappa shape index (κ1) is 10.6. The number of benzene rings is 1. The van der Waals surface area contributed by atoms with Crippen LogP contribution in [0.4, 0.5) is 0 Å². The van der Waals surface area contributed by atoms with Gasteiger partial charge in [-0.15, -0.1) is 5.10 Å². The first-order valence-corrected chi connectivity index (χ1v) is 6.04. The molecule has 0 atom stereocenters. The van der Waals surface area contributed by atoms with Crippen molar-refractivity contribution in [1.29, 1.82) is 5.26 Å². The quantitative estimate of drug-likeness (QED) is 0.711. The number of allylic oxidation sites excluding steroid dienone is 1. The van der Waals surface area contributed by atoms with Crippen molar-refractivity contribution in [2.45, 2.75) is 0 Å². The Kier molecular flexibility index (Phi) is 2.59. The van der Waals surface area contributed by atoms with Crippen molar-refractivity contribution in [3.05, 3.63) is 41.2 Å². The molecular weight excluding hydrogens is 246 g/mol. The fourth-order valence-electron chi connectivity index (χ4n) is 1.62. The highest BCUT2D eigenvalue weighted by Crippen LogP contribution is 2.18. The van der Waals surface area contributed by atoms with Crippen LogP contribution in [0.2, 0.25) is 0 Å². The Morgan fingerprint density at radius 1 is 1.39 bits per heavy atom. The molecule has 3 aromatic rings. The minimum Gasteiger partial charge on any atom is -0.337 e. The molecule has 6 heteroatoms. The number of H-pyrrole nitrogens is 1. The van der Waals surface area contributed by atoms with Gasteiger partial charge >= 0.3 is 0 Å². The summed E-state index contributed by atoms with van der Waals surface area (Å²) in [5.74, 6) is 0.548. The molecule has 1 N–H and O–H groups in total. The molecule has 0 aliphatic rings. The van der Waals surface area contributed by atoms with Crippen LogP contribution in [0.15, 0.2) is 29.6 Å². The van der Waals surface area contributed by atoms with Crippen LogP contribution >= 0.6 is 11.5 Å². The van der Waals surface area contributed by atoms with E-state index >= 15 is 0 Å². The van der Waals surface area contributed by atoms with Crippen molar-refractivity contribution in [3.8, 4) is 6.07 Å². The van der Waals surface area contributed by atoms with Crippen molar-refractivity contribution in [2.75, 3.05) is 0 Å². The maximum absolute atomic E-state index is 9.18. The Morgan fingerprint density at radius 3 is 3.00 bits per heavy atom. The summed E-state index contributed by atoms with van der Waals surface area (Å²) >= 11 is 1.25. The number of rotatable bonds is 2. The number of para-hydroxylation sites is 2. The van der Waals surface area contributed by atoms with Gasteiger partial charge in [-0.05, 0) is 29.7 Å². The van der Waals surface area contributed by atoms with Gasteiger partial charge in [0.2, 0.25) is 0 Å². The highest BCUT2D eigenvalue weighted by molar-refractivity contribution is 7.03. The molecule has 5 nitrogen and oxygen atoms in total. The molecule has 0 amide bonds. The van der Waals surface area contributed by atoms with Crippen LogP contribution in [0, 0.1) is 11.3 Å². The summed E-state index contributed by atoms with van der Waals surface area (Å²) in [6, 6.07) is 9.77. The van der Waals surface area contributed by atoms with Gasteiger partial charge in [0.15, 0.2) is 0 Å². The molecule has 0 fully saturated rings. The van der Waals surface area contributed by atoms with Gasteiger partial charge in [-0.1, -0.05) is 16.6 Å². The molecule has 1 aromatic carbocycles. The molecule has 0 aliphatic heterocycles. The molecule has 86 valence electrons. The van der Waals surface area contributed by atoms with Gasteiger partial charge in [-0.25, -0.2) is 4.98 Å². The molecule has 0 bridgehead atoms. The molecule has 2 aromatic heterocycles. The fourth-order valence-corrected chi connectivity index (χ4v) is 2.03. The summed E-state index contributed by atoms with van der Waals surface area (Å²) in [6.07, 6.45) is 1.67. The summed E-state index contributed by atoms with van der Waals surface area (Å²) in [5.41, 5.74) is 2.85. The SMILES string of the molecule is N#C/C(=C/c1csnn1)c1nc2ccccc2[nH]1. The topological polar surface area (TPSA) is 78.2 Å². The lowest BCUT2D eigenvalue weighted by atomic mass is 10.2. The van der Waals surface area contributed by atoms with Gasteiger partial charge in [-0.3, -0.25) is 0 Å². The average Bonchev–Trinajstić information content (AvgIpc) is 3.04. The van der Waals surface area contributed by atoms with E-state index in [0.717, 1.165) is 11.0 Å². The zero-order chi connectivity index (χ0) is 12.4. The van der Waals surface area contributed by atoms with Crippen LogP contribution in [-0.4, -0.2) is 19.6 Å². The van der Waals surface area contributed by atoms with E-state index in [0.29, 0.717) is 17.1 Å². The van der Waals surface area contributed by atoms with Gasteiger partial charge in [0, 0.05) is 5.38 Å². The molecule has 3 rings (SSSR count). The lowest BCUT2D eigenvalue weighted by Crippen LogP contribution is -1.85. The minimum absolute atomic E-state index is 0.443. The zero-order valence-corrected chi connectivity index (χ0v) is 9.98. The van der Waals surface area contributed by atoms with E-state index in [2.05, 4.69) is 25.6 Å². The number of nitrogens with zero attached hydrogens (tertiary/aromatic N) is 4. The highest BCUT2D eigenvalue weighted by Gasteiger charge is 2.08. The standard InChI is InChI=1S/C12H7N5S/c13-6-8(5-9-7-18-17-16-9)12-14-10-3-1-2-4-11(10)15-12/h1-5,7H,(H,14,15)/b8-5-. The Labute approximate surface area is 107 Å². The van der Waals surface area contributed by atoms with Gasteiger partial charge in [0.25, 0.3) is 0 Å². The predicted molar refractivity (Wildman–Crippen MR) is 69.5 cm³/mol. The molecule has 2 heterocycles. The predicted octanol–water partition coefficient (Wildman–Crippen LogP) is 2.48. The second-order valence-corrected chi connectivity index (χ2v) is 4.21. The maximum Gasteiger partial charge on any atom is 0.149 e. The van der Waals surface area contributed by atoms with Crippen molar-refractivity contribution < 1.29 is 0 Å². The Morgan fingerprint density at radius 2 is 2.28 bits per heavy atom. The number of aromatic amines is 1. The van der Waals surface area contributed by atoms with E-state index in [-0.39, 0.29) is 0 Å². The van der Waals surface area contributed by atoms with Crippen LogP contribution < -0.4 is 0 Å². The van der Waals surface area contributed by atoms with E-state index < -0.39 is 0 Å². The van der Waals surface area contributed by atoms with Gasteiger partial charge in [-0.2, -0.15) is 5.26 Å². The summed E-state index contributed by atoms with van der Waals surface area (Å²) < 4.78 is 3.75. The summed E-state index contributed by atoms with van der Waals surface area (Å²) in [5, 5.41) is 14.8. The smallest absolute Gasteiger partial charge is 0.149 e. The van der Waals surface area contributed by atoms with Gasteiger partial charge in [0.1, 0.15) is 11.9 Å². The van der Waals surface area contributed by atoms with E-state index in [9.17, 15) is 5.26 Å². The molecule has 0 saturated carbocycles. The third-order valence-corrected chi connectivity index (χ3v) is 2.96. The molecule has 0 spiro atoms. The molecule has 18 heavy (non-hydrogen) atoms. The first-order valence-electron chi connectivity index (χ1n) is 5.21. The van der Waals surface area contributed by atoms with Gasteiger partial charge < -0.3 is 4.98 Å². The second kappa shape index (κ2) is 4.39. The third-order valence-electron chi connectivity index (χ3n) is 2.43. The second-order valence-electron chi connectivity index (χ2n) is 3.60. The monoisotopic (exact) mass is 253 g/mol. The summed E-state index contributed by atoms with van der Waals surface area (Å²) in [6.45, 7) is 0. The largest absolute Gasteiger partial charge is 0.337 e. The molecule has 0 saturated heterocycles. The van der Waals surface area contributed by atoms with Crippen molar-refractivity contribution in [1.82, 2.24) is 19.6 Å². The average molecular weight is 253 g/mol. The van der Waals surface area contributed by atoms with Gasteiger partial charge in [0.05, 0.1) is 22.3 Å². The lowest BCUT2D eigenvalue weighted by molar-refractivity contribution is 1.14. The maximum atomic E-state index is 9.18. The number of hydrogen-bond donors (Lipinski definition) is 1. The summed E-state index contributed by atoms with van der Waals surface area (Å²) in [4.78, 5) is 7.49. The Balaban J connectivity index is 2.09. The van der Waals surface area contributed by atoms with Crippen LogP contribution in [-0.2, 0) is 0 Å². The minimum atomic E-state index is 0.443. The van der Waals surface area contributed by atoms with E-state index in [1.165, 1.54) is 11.5 Å². The number of nitrogens with one attached hydrogen (secondary N) is 1. The van der Waals surface area contributed by atoms with Crippen LogP contribution in [0.25, 0.3) is 22.7 Å². The van der Waals surface area contributed by atoms with E-state index in [1.54, 1.807) is 11.5 Å². The van der Waals surface area contributed by atoms with Crippen LogP contribution in [0.1, 0.15) is 11.5 Å². The van der Waals surface area contributed by atoms with Crippen LogP contribution in [0.3, 0.4) is 0 Å². The Bertz CT molecular complexity index is 715. The normalized spacial score (nSPS) is 11.6.